The second-order valence-corrected chi connectivity index (χ2v) is 7.10. The van der Waals surface area contributed by atoms with E-state index in [2.05, 4.69) is 27.6 Å². The van der Waals surface area contributed by atoms with Crippen LogP contribution in [0.5, 0.6) is 0 Å². The van der Waals surface area contributed by atoms with Gasteiger partial charge in [-0.3, -0.25) is 10.1 Å². The Morgan fingerprint density at radius 2 is 2.22 bits per heavy atom. The number of hydrogen-bond donors (Lipinski definition) is 2. The highest BCUT2D eigenvalue weighted by atomic mass is 32.1. The van der Waals surface area contributed by atoms with Crippen LogP contribution in [-0.4, -0.2) is 33.8 Å². The van der Waals surface area contributed by atoms with Crippen LogP contribution in [0, 0.1) is 6.92 Å². The van der Waals surface area contributed by atoms with Crippen molar-refractivity contribution in [2.75, 3.05) is 18.4 Å². The third-order valence-electron chi connectivity index (χ3n) is 4.27. The van der Waals surface area contributed by atoms with Crippen molar-refractivity contribution in [1.29, 1.82) is 0 Å². The molecular weight excluding hydrogens is 310 g/mol. The normalized spacial score (nSPS) is 15.8. The standard InChI is InChI=1S/C16H23N5OS/c1-4-12-10(2)9-13(23-12)15(22)19-16-18-14(20-21(16)3)11-5-7-17-8-6-11/h9,11,17H,4-8H2,1-3H3,(H,18,19,20,22). The third kappa shape index (κ3) is 3.45. The zero-order valence-corrected chi connectivity index (χ0v) is 14.7. The highest BCUT2D eigenvalue weighted by Crippen LogP contribution is 2.25. The van der Waals surface area contributed by atoms with E-state index in [-0.39, 0.29) is 5.91 Å². The molecule has 2 aromatic rings. The maximum absolute atomic E-state index is 12.4. The van der Waals surface area contributed by atoms with Gasteiger partial charge in [0.15, 0.2) is 5.82 Å². The molecule has 0 spiro atoms. The van der Waals surface area contributed by atoms with Crippen molar-refractivity contribution in [3.8, 4) is 0 Å². The smallest absolute Gasteiger partial charge is 0.268 e. The molecule has 1 aliphatic heterocycles. The van der Waals surface area contributed by atoms with Crippen molar-refractivity contribution in [3.63, 3.8) is 0 Å². The van der Waals surface area contributed by atoms with Crippen LogP contribution in [-0.2, 0) is 13.5 Å². The van der Waals surface area contributed by atoms with E-state index in [0.29, 0.717) is 11.9 Å². The fraction of sp³-hybridized carbons (Fsp3) is 0.562. The van der Waals surface area contributed by atoms with E-state index in [9.17, 15) is 4.79 Å². The lowest BCUT2D eigenvalue weighted by atomic mass is 9.98. The Bertz CT molecular complexity index is 699. The van der Waals surface area contributed by atoms with E-state index in [1.54, 1.807) is 16.0 Å². The van der Waals surface area contributed by atoms with Crippen molar-refractivity contribution in [1.82, 2.24) is 20.1 Å². The van der Waals surface area contributed by atoms with E-state index >= 15 is 0 Å². The number of anilines is 1. The molecule has 2 aromatic heterocycles. The van der Waals surface area contributed by atoms with Gasteiger partial charge in [0, 0.05) is 17.8 Å². The van der Waals surface area contributed by atoms with Gasteiger partial charge in [0.1, 0.15) is 0 Å². The number of amides is 1. The first kappa shape index (κ1) is 16.1. The van der Waals surface area contributed by atoms with Crippen molar-refractivity contribution < 1.29 is 4.79 Å². The molecule has 0 bridgehead atoms. The molecular formula is C16H23N5OS. The minimum absolute atomic E-state index is 0.106. The highest BCUT2D eigenvalue weighted by Gasteiger charge is 2.22. The zero-order valence-electron chi connectivity index (χ0n) is 13.8. The zero-order chi connectivity index (χ0) is 16.4. The maximum Gasteiger partial charge on any atom is 0.268 e. The lowest BCUT2D eigenvalue weighted by molar-refractivity contribution is 0.102. The van der Waals surface area contributed by atoms with E-state index < -0.39 is 0 Å². The predicted molar refractivity (Wildman–Crippen MR) is 92.2 cm³/mol. The first-order valence-corrected chi connectivity index (χ1v) is 8.92. The van der Waals surface area contributed by atoms with Crippen LogP contribution in [0.25, 0.3) is 0 Å². The SMILES string of the molecule is CCc1sc(C(=O)Nc2nc(C3CCNCC3)nn2C)cc1C. The van der Waals surface area contributed by atoms with Gasteiger partial charge in [0.2, 0.25) is 5.95 Å². The minimum atomic E-state index is -0.106. The molecule has 0 unspecified atom stereocenters. The Hall–Kier alpha value is -1.73. The summed E-state index contributed by atoms with van der Waals surface area (Å²) in [7, 11) is 1.82. The van der Waals surface area contributed by atoms with Gasteiger partial charge < -0.3 is 5.32 Å². The lowest BCUT2D eigenvalue weighted by Gasteiger charge is -2.19. The monoisotopic (exact) mass is 333 g/mol. The van der Waals surface area contributed by atoms with Gasteiger partial charge in [0.05, 0.1) is 4.88 Å². The highest BCUT2D eigenvalue weighted by molar-refractivity contribution is 7.14. The van der Waals surface area contributed by atoms with Crippen molar-refractivity contribution in [2.24, 2.45) is 7.05 Å². The maximum atomic E-state index is 12.4. The van der Waals surface area contributed by atoms with Crippen LogP contribution >= 0.6 is 11.3 Å². The van der Waals surface area contributed by atoms with Crippen LogP contribution in [0.2, 0.25) is 0 Å². The third-order valence-corrected chi connectivity index (χ3v) is 5.65. The Labute approximate surface area is 140 Å². The van der Waals surface area contributed by atoms with Crippen LogP contribution in [0.15, 0.2) is 6.07 Å². The molecule has 0 aromatic carbocycles. The second kappa shape index (κ2) is 6.80. The van der Waals surface area contributed by atoms with Gasteiger partial charge in [-0.15, -0.1) is 11.3 Å². The topological polar surface area (TPSA) is 71.8 Å². The van der Waals surface area contributed by atoms with Crippen LogP contribution < -0.4 is 10.6 Å². The molecule has 1 saturated heterocycles. The average molecular weight is 333 g/mol. The summed E-state index contributed by atoms with van der Waals surface area (Å²) < 4.78 is 1.66. The quantitative estimate of drug-likeness (QED) is 0.901. The molecule has 7 heteroatoms. The van der Waals surface area contributed by atoms with Crippen LogP contribution in [0.4, 0.5) is 5.95 Å². The molecule has 0 saturated carbocycles. The summed E-state index contributed by atoms with van der Waals surface area (Å²) in [5.74, 6) is 1.63. The summed E-state index contributed by atoms with van der Waals surface area (Å²) in [5.41, 5.74) is 1.18. The fourth-order valence-corrected chi connectivity index (χ4v) is 3.92. The van der Waals surface area contributed by atoms with Crippen LogP contribution in [0.3, 0.4) is 0 Å². The molecule has 1 aliphatic rings. The number of thiophene rings is 1. The number of rotatable bonds is 4. The molecule has 1 amide bonds. The number of nitrogens with zero attached hydrogens (tertiary/aromatic N) is 3. The number of aryl methyl sites for hydroxylation is 3. The summed E-state index contributed by atoms with van der Waals surface area (Å²) in [4.78, 5) is 19.0. The summed E-state index contributed by atoms with van der Waals surface area (Å²) in [6.07, 6.45) is 3.04. The van der Waals surface area contributed by atoms with E-state index in [1.807, 2.05) is 20.0 Å². The van der Waals surface area contributed by atoms with Crippen molar-refractivity contribution in [3.05, 3.63) is 27.2 Å². The van der Waals surface area contributed by atoms with Crippen molar-refractivity contribution in [2.45, 2.75) is 39.0 Å². The van der Waals surface area contributed by atoms with E-state index in [1.165, 1.54) is 10.4 Å². The van der Waals surface area contributed by atoms with Crippen molar-refractivity contribution >= 4 is 23.2 Å². The average Bonchev–Trinajstić information content (AvgIpc) is 3.11. The summed E-state index contributed by atoms with van der Waals surface area (Å²) in [6.45, 7) is 6.15. The Balaban J connectivity index is 1.74. The molecule has 0 atom stereocenters. The van der Waals surface area contributed by atoms with Gasteiger partial charge in [-0.25, -0.2) is 4.68 Å². The second-order valence-electron chi connectivity index (χ2n) is 5.97. The Kier molecular flexibility index (Phi) is 4.77. The number of piperidine rings is 1. The molecule has 3 rings (SSSR count). The first-order chi connectivity index (χ1) is 11.1. The van der Waals surface area contributed by atoms with Gasteiger partial charge in [-0.05, 0) is 50.9 Å². The number of carbonyl (C=O) groups excluding carboxylic acids is 1. The number of nitrogens with one attached hydrogen (secondary N) is 2. The summed E-state index contributed by atoms with van der Waals surface area (Å²) >= 11 is 1.55. The van der Waals surface area contributed by atoms with E-state index in [0.717, 1.165) is 43.1 Å². The minimum Gasteiger partial charge on any atom is -0.317 e. The van der Waals surface area contributed by atoms with E-state index in [4.69, 9.17) is 0 Å². The van der Waals surface area contributed by atoms with Gasteiger partial charge >= 0.3 is 0 Å². The summed E-state index contributed by atoms with van der Waals surface area (Å²) in [6, 6.07) is 1.95. The molecule has 3 heterocycles. The summed E-state index contributed by atoms with van der Waals surface area (Å²) in [5, 5.41) is 10.7. The molecule has 23 heavy (non-hydrogen) atoms. The lowest BCUT2D eigenvalue weighted by Crippen LogP contribution is -2.27. The fourth-order valence-electron chi connectivity index (χ4n) is 2.91. The number of carbonyl (C=O) groups is 1. The molecule has 124 valence electrons. The largest absolute Gasteiger partial charge is 0.317 e. The van der Waals surface area contributed by atoms with Gasteiger partial charge in [-0.2, -0.15) is 10.1 Å². The number of aromatic nitrogens is 3. The molecule has 0 aliphatic carbocycles. The van der Waals surface area contributed by atoms with Gasteiger partial charge in [-0.1, -0.05) is 6.92 Å². The molecule has 1 fully saturated rings. The first-order valence-electron chi connectivity index (χ1n) is 8.10. The molecule has 2 N–H and O–H groups in total. The number of hydrogen-bond acceptors (Lipinski definition) is 5. The predicted octanol–water partition coefficient (Wildman–Crippen LogP) is 2.47. The molecule has 0 radical (unpaired) electrons. The Morgan fingerprint density at radius 1 is 1.48 bits per heavy atom. The molecule has 6 nitrogen and oxygen atoms in total. The van der Waals surface area contributed by atoms with Crippen LogP contribution in [0.1, 0.15) is 51.6 Å². The Morgan fingerprint density at radius 3 is 2.87 bits per heavy atom. The van der Waals surface area contributed by atoms with Gasteiger partial charge in [0.25, 0.3) is 5.91 Å².